The third kappa shape index (κ3) is 5.58. The summed E-state index contributed by atoms with van der Waals surface area (Å²) in [4.78, 5) is 11.8. The maximum absolute atomic E-state index is 11.8. The van der Waals surface area contributed by atoms with E-state index >= 15 is 0 Å². The van der Waals surface area contributed by atoms with Gasteiger partial charge in [0.25, 0.3) is 0 Å². The largest absolute Gasteiger partial charge is 0.494 e. The Hall–Kier alpha value is -1.71. The lowest BCUT2D eigenvalue weighted by atomic mass is 10.2. The Morgan fingerprint density at radius 2 is 1.77 bits per heavy atom. The van der Waals surface area contributed by atoms with Gasteiger partial charge in [0, 0.05) is 23.0 Å². The van der Waals surface area contributed by atoms with Crippen molar-refractivity contribution >= 4 is 29.1 Å². The number of nitrogens with one attached hydrogen (secondary N) is 1. The molecule has 0 fully saturated rings. The number of benzene rings is 2. The maximum Gasteiger partial charge on any atom is 0.220 e. The summed E-state index contributed by atoms with van der Waals surface area (Å²) in [6.45, 7) is 0.928. The first-order valence-electron chi connectivity index (χ1n) is 7.03. The van der Waals surface area contributed by atoms with Crippen molar-refractivity contribution in [2.24, 2.45) is 0 Å². The molecule has 0 heterocycles. The molecule has 0 radical (unpaired) electrons. The molecule has 0 saturated heterocycles. The number of hydrogen-bond acceptors (Lipinski definition) is 2. The van der Waals surface area contributed by atoms with E-state index in [1.807, 2.05) is 24.3 Å². The standard InChI is InChI=1S/C17H17Cl2NO2/c18-14-7-9-15(10-8-14)22-11-3-6-17(21)20-12-13-4-1-2-5-16(13)19/h1-2,4-5,7-10H,3,6,11-12H2,(H,20,21). The fourth-order valence-electron chi connectivity index (χ4n) is 1.88. The Kier molecular flexibility index (Phi) is 6.56. The highest BCUT2D eigenvalue weighted by Gasteiger charge is 2.04. The topological polar surface area (TPSA) is 38.3 Å². The second-order valence-corrected chi connectivity index (χ2v) is 5.62. The van der Waals surface area contributed by atoms with Crippen LogP contribution in [0.5, 0.6) is 5.75 Å². The van der Waals surface area contributed by atoms with E-state index in [0.29, 0.717) is 36.0 Å². The van der Waals surface area contributed by atoms with Gasteiger partial charge in [-0.25, -0.2) is 0 Å². The van der Waals surface area contributed by atoms with Gasteiger partial charge in [0.1, 0.15) is 5.75 Å². The lowest BCUT2D eigenvalue weighted by Gasteiger charge is -2.08. The molecular weight excluding hydrogens is 321 g/mol. The van der Waals surface area contributed by atoms with Crippen LogP contribution in [0.1, 0.15) is 18.4 Å². The van der Waals surface area contributed by atoms with Crippen molar-refractivity contribution in [3.8, 4) is 5.75 Å². The van der Waals surface area contributed by atoms with E-state index in [2.05, 4.69) is 5.32 Å². The molecule has 0 aliphatic heterocycles. The molecule has 0 atom stereocenters. The highest BCUT2D eigenvalue weighted by molar-refractivity contribution is 6.31. The zero-order valence-corrected chi connectivity index (χ0v) is 13.5. The minimum Gasteiger partial charge on any atom is -0.494 e. The Balaban J connectivity index is 1.64. The lowest BCUT2D eigenvalue weighted by molar-refractivity contribution is -0.121. The SMILES string of the molecule is O=C(CCCOc1ccc(Cl)cc1)NCc1ccccc1Cl. The van der Waals surface area contributed by atoms with Crippen LogP contribution in [0.3, 0.4) is 0 Å². The summed E-state index contributed by atoms with van der Waals surface area (Å²) in [6, 6.07) is 14.6. The number of carbonyl (C=O) groups is 1. The molecule has 2 aromatic carbocycles. The van der Waals surface area contributed by atoms with Crippen LogP contribution in [-0.4, -0.2) is 12.5 Å². The number of carbonyl (C=O) groups excluding carboxylic acids is 1. The van der Waals surface area contributed by atoms with Crippen molar-refractivity contribution < 1.29 is 9.53 Å². The zero-order chi connectivity index (χ0) is 15.8. The van der Waals surface area contributed by atoms with Gasteiger partial charge in [-0.15, -0.1) is 0 Å². The van der Waals surface area contributed by atoms with Crippen LogP contribution in [0.15, 0.2) is 48.5 Å². The quantitative estimate of drug-likeness (QED) is 0.757. The predicted octanol–water partition coefficient (Wildman–Crippen LogP) is 4.47. The maximum atomic E-state index is 11.8. The lowest BCUT2D eigenvalue weighted by Crippen LogP contribution is -2.23. The zero-order valence-electron chi connectivity index (χ0n) is 12.0. The molecule has 1 N–H and O–H groups in total. The summed E-state index contributed by atoms with van der Waals surface area (Å²) in [5, 5.41) is 4.18. The molecule has 3 nitrogen and oxygen atoms in total. The van der Waals surface area contributed by atoms with Crippen molar-refractivity contribution in [2.75, 3.05) is 6.61 Å². The summed E-state index contributed by atoms with van der Waals surface area (Å²) in [5.41, 5.74) is 0.912. The molecule has 1 amide bonds. The van der Waals surface area contributed by atoms with Gasteiger partial charge >= 0.3 is 0 Å². The molecule has 116 valence electrons. The monoisotopic (exact) mass is 337 g/mol. The molecule has 0 bridgehead atoms. The second-order valence-electron chi connectivity index (χ2n) is 4.77. The molecule has 22 heavy (non-hydrogen) atoms. The van der Waals surface area contributed by atoms with Crippen LogP contribution >= 0.6 is 23.2 Å². The highest BCUT2D eigenvalue weighted by atomic mass is 35.5. The molecular formula is C17H17Cl2NO2. The van der Waals surface area contributed by atoms with Crippen molar-refractivity contribution in [3.63, 3.8) is 0 Å². The summed E-state index contributed by atoms with van der Waals surface area (Å²) >= 11 is 11.8. The van der Waals surface area contributed by atoms with E-state index in [1.165, 1.54) is 0 Å². The summed E-state index contributed by atoms with van der Waals surface area (Å²) in [7, 11) is 0. The van der Waals surface area contributed by atoms with Crippen LogP contribution in [0, 0.1) is 0 Å². The van der Waals surface area contributed by atoms with Gasteiger partial charge in [0.05, 0.1) is 6.61 Å². The Morgan fingerprint density at radius 1 is 1.05 bits per heavy atom. The Morgan fingerprint density at radius 3 is 2.50 bits per heavy atom. The highest BCUT2D eigenvalue weighted by Crippen LogP contribution is 2.16. The summed E-state index contributed by atoms with van der Waals surface area (Å²) in [6.07, 6.45) is 1.06. The Bertz CT molecular complexity index is 614. The number of ether oxygens (including phenoxy) is 1. The first-order chi connectivity index (χ1) is 10.6. The fraction of sp³-hybridized carbons (Fsp3) is 0.235. The number of amides is 1. The third-order valence-corrected chi connectivity index (χ3v) is 3.69. The smallest absolute Gasteiger partial charge is 0.220 e. The first-order valence-corrected chi connectivity index (χ1v) is 7.79. The fourth-order valence-corrected chi connectivity index (χ4v) is 2.21. The van der Waals surface area contributed by atoms with Gasteiger partial charge in [-0.2, -0.15) is 0 Å². The number of halogens is 2. The van der Waals surface area contributed by atoms with Crippen LogP contribution in [0.25, 0.3) is 0 Å². The average Bonchev–Trinajstić information content (AvgIpc) is 2.52. The van der Waals surface area contributed by atoms with E-state index in [4.69, 9.17) is 27.9 Å². The second kappa shape index (κ2) is 8.66. The van der Waals surface area contributed by atoms with Gasteiger partial charge in [0.15, 0.2) is 0 Å². The molecule has 0 saturated carbocycles. The summed E-state index contributed by atoms with van der Waals surface area (Å²) in [5.74, 6) is 0.737. The third-order valence-electron chi connectivity index (χ3n) is 3.06. The van der Waals surface area contributed by atoms with Gasteiger partial charge < -0.3 is 10.1 Å². The first kappa shape index (κ1) is 16.7. The van der Waals surface area contributed by atoms with Gasteiger partial charge in [0.2, 0.25) is 5.91 Å². The molecule has 2 rings (SSSR count). The minimum atomic E-state index is -0.0142. The van der Waals surface area contributed by atoms with Gasteiger partial charge in [-0.3, -0.25) is 4.79 Å². The number of rotatable bonds is 7. The summed E-state index contributed by atoms with van der Waals surface area (Å²) < 4.78 is 5.53. The molecule has 0 aliphatic rings. The van der Waals surface area contributed by atoms with E-state index in [1.54, 1.807) is 24.3 Å². The van der Waals surface area contributed by atoms with E-state index in [0.717, 1.165) is 11.3 Å². The van der Waals surface area contributed by atoms with E-state index in [-0.39, 0.29) is 5.91 Å². The van der Waals surface area contributed by atoms with Crippen molar-refractivity contribution in [1.29, 1.82) is 0 Å². The van der Waals surface area contributed by atoms with Gasteiger partial charge in [-0.05, 0) is 42.3 Å². The Labute approximate surface area is 140 Å². The molecule has 0 aliphatic carbocycles. The van der Waals surface area contributed by atoms with Crippen molar-refractivity contribution in [1.82, 2.24) is 5.32 Å². The van der Waals surface area contributed by atoms with Crippen molar-refractivity contribution in [2.45, 2.75) is 19.4 Å². The van der Waals surface area contributed by atoms with Crippen molar-refractivity contribution in [3.05, 3.63) is 64.1 Å². The van der Waals surface area contributed by atoms with Crippen LogP contribution < -0.4 is 10.1 Å². The van der Waals surface area contributed by atoms with E-state index in [9.17, 15) is 4.79 Å². The van der Waals surface area contributed by atoms with Crippen LogP contribution in [0.4, 0.5) is 0 Å². The molecule has 0 aromatic heterocycles. The minimum absolute atomic E-state index is 0.0142. The average molecular weight is 338 g/mol. The molecule has 2 aromatic rings. The van der Waals surface area contributed by atoms with Gasteiger partial charge in [-0.1, -0.05) is 41.4 Å². The van der Waals surface area contributed by atoms with Crippen LogP contribution in [-0.2, 0) is 11.3 Å². The normalized spacial score (nSPS) is 10.3. The number of hydrogen-bond donors (Lipinski definition) is 1. The van der Waals surface area contributed by atoms with Crippen LogP contribution in [0.2, 0.25) is 10.0 Å². The van der Waals surface area contributed by atoms with E-state index < -0.39 is 0 Å². The molecule has 0 spiro atoms. The predicted molar refractivity (Wildman–Crippen MR) is 89.5 cm³/mol. The molecule has 0 unspecified atom stereocenters. The molecule has 5 heteroatoms.